The lowest BCUT2D eigenvalue weighted by atomic mass is 10.0. The topological polar surface area (TPSA) is 56.7 Å². The van der Waals surface area contributed by atoms with E-state index in [0.717, 1.165) is 22.6 Å². The van der Waals surface area contributed by atoms with Crippen LogP contribution in [0, 0.1) is 13.8 Å². The minimum atomic E-state index is 0.320. The van der Waals surface area contributed by atoms with E-state index in [2.05, 4.69) is 43.1 Å². The van der Waals surface area contributed by atoms with E-state index in [4.69, 9.17) is 5.73 Å². The molecular formula is C13H18N4. The minimum Gasteiger partial charge on any atom is -0.398 e. The van der Waals surface area contributed by atoms with Crippen molar-refractivity contribution in [1.82, 2.24) is 14.8 Å². The molecule has 2 rings (SSSR count). The van der Waals surface area contributed by atoms with Crippen LogP contribution in [-0.2, 0) is 0 Å². The summed E-state index contributed by atoms with van der Waals surface area (Å²) in [6.45, 7) is 8.28. The van der Waals surface area contributed by atoms with E-state index in [1.807, 2.05) is 11.5 Å². The van der Waals surface area contributed by atoms with Crippen LogP contribution >= 0.6 is 0 Å². The lowest BCUT2D eigenvalue weighted by Gasteiger charge is -2.13. The van der Waals surface area contributed by atoms with Crippen LogP contribution in [0.25, 0.3) is 11.4 Å². The summed E-state index contributed by atoms with van der Waals surface area (Å²) in [5.74, 6) is 0.837. The van der Waals surface area contributed by atoms with Crippen LogP contribution in [0.5, 0.6) is 0 Å². The Kier molecular flexibility index (Phi) is 2.88. The molecule has 2 aromatic rings. The van der Waals surface area contributed by atoms with Crippen molar-refractivity contribution < 1.29 is 0 Å². The van der Waals surface area contributed by atoms with Crippen molar-refractivity contribution in [3.8, 4) is 11.4 Å². The molecule has 0 aliphatic rings. The van der Waals surface area contributed by atoms with Crippen LogP contribution in [0.4, 0.5) is 5.69 Å². The first-order valence-corrected chi connectivity index (χ1v) is 5.77. The van der Waals surface area contributed by atoms with Gasteiger partial charge in [0, 0.05) is 17.3 Å². The highest BCUT2D eigenvalue weighted by Crippen LogP contribution is 2.29. The predicted octanol–water partition coefficient (Wildman–Crippen LogP) is 2.73. The van der Waals surface area contributed by atoms with Crippen molar-refractivity contribution >= 4 is 5.69 Å². The highest BCUT2D eigenvalue weighted by molar-refractivity contribution is 5.75. The molecular weight excluding hydrogens is 212 g/mol. The molecule has 0 aliphatic carbocycles. The van der Waals surface area contributed by atoms with E-state index in [1.165, 1.54) is 5.56 Å². The van der Waals surface area contributed by atoms with Gasteiger partial charge in [-0.15, -0.1) is 10.2 Å². The summed E-state index contributed by atoms with van der Waals surface area (Å²) in [6.07, 6.45) is 1.75. The van der Waals surface area contributed by atoms with Crippen molar-refractivity contribution in [2.75, 3.05) is 5.73 Å². The summed E-state index contributed by atoms with van der Waals surface area (Å²) in [4.78, 5) is 0. The Morgan fingerprint density at radius 1 is 1.24 bits per heavy atom. The Balaban J connectivity index is 2.64. The van der Waals surface area contributed by atoms with Gasteiger partial charge in [-0.1, -0.05) is 6.07 Å². The van der Waals surface area contributed by atoms with E-state index >= 15 is 0 Å². The number of nitrogens with two attached hydrogens (primary N) is 1. The maximum atomic E-state index is 6.13. The molecule has 0 saturated carbocycles. The highest BCUT2D eigenvalue weighted by atomic mass is 15.3. The van der Waals surface area contributed by atoms with Crippen molar-refractivity contribution in [2.24, 2.45) is 0 Å². The number of hydrogen-bond donors (Lipinski definition) is 1. The zero-order chi connectivity index (χ0) is 12.6. The van der Waals surface area contributed by atoms with E-state index in [0.29, 0.717) is 6.04 Å². The molecule has 0 fully saturated rings. The lowest BCUT2D eigenvalue weighted by molar-refractivity contribution is 0.604. The summed E-state index contributed by atoms with van der Waals surface area (Å²) in [5.41, 5.74) is 10.1. The third-order valence-electron chi connectivity index (χ3n) is 2.90. The monoisotopic (exact) mass is 230 g/mol. The Hall–Kier alpha value is -1.84. The maximum Gasteiger partial charge on any atom is 0.166 e. The van der Waals surface area contributed by atoms with Crippen LogP contribution in [0.15, 0.2) is 18.5 Å². The summed E-state index contributed by atoms with van der Waals surface area (Å²) >= 11 is 0. The fourth-order valence-electron chi connectivity index (χ4n) is 1.98. The van der Waals surface area contributed by atoms with Gasteiger partial charge < -0.3 is 10.3 Å². The molecule has 2 N–H and O–H groups in total. The molecule has 1 aromatic carbocycles. The quantitative estimate of drug-likeness (QED) is 0.807. The lowest BCUT2D eigenvalue weighted by Crippen LogP contribution is -2.04. The van der Waals surface area contributed by atoms with Gasteiger partial charge in [0.05, 0.1) is 0 Å². The van der Waals surface area contributed by atoms with Gasteiger partial charge in [-0.25, -0.2) is 0 Å². The molecule has 0 spiro atoms. The Morgan fingerprint density at radius 2 is 1.94 bits per heavy atom. The molecule has 4 nitrogen and oxygen atoms in total. The first-order chi connectivity index (χ1) is 8.00. The Morgan fingerprint density at radius 3 is 2.59 bits per heavy atom. The average Bonchev–Trinajstić information content (AvgIpc) is 2.72. The van der Waals surface area contributed by atoms with Crippen molar-refractivity contribution in [3.05, 3.63) is 29.6 Å². The third-order valence-corrected chi connectivity index (χ3v) is 2.90. The number of nitrogen functional groups attached to an aromatic ring is 1. The molecule has 0 bridgehead atoms. The first kappa shape index (κ1) is 11.6. The van der Waals surface area contributed by atoms with Gasteiger partial charge in [-0.2, -0.15) is 0 Å². The Bertz CT molecular complexity index is 540. The van der Waals surface area contributed by atoms with Gasteiger partial charge in [0.2, 0.25) is 0 Å². The fraction of sp³-hybridized carbons (Fsp3) is 0.385. The largest absolute Gasteiger partial charge is 0.398 e. The predicted molar refractivity (Wildman–Crippen MR) is 69.7 cm³/mol. The van der Waals surface area contributed by atoms with E-state index in [9.17, 15) is 0 Å². The zero-order valence-corrected chi connectivity index (χ0v) is 10.7. The van der Waals surface area contributed by atoms with Crippen molar-refractivity contribution in [1.29, 1.82) is 0 Å². The standard InChI is InChI=1S/C13H18N4/c1-8(2)17-7-15-16-13(17)11-6-9(3)5-10(4)12(11)14/h5-8H,14H2,1-4H3. The van der Waals surface area contributed by atoms with Gasteiger partial charge >= 0.3 is 0 Å². The number of rotatable bonds is 2. The second kappa shape index (κ2) is 4.20. The minimum absolute atomic E-state index is 0.320. The molecule has 0 amide bonds. The second-order valence-electron chi connectivity index (χ2n) is 4.70. The maximum absolute atomic E-state index is 6.13. The van der Waals surface area contributed by atoms with Crippen molar-refractivity contribution in [3.63, 3.8) is 0 Å². The molecule has 0 radical (unpaired) electrons. The smallest absolute Gasteiger partial charge is 0.166 e. The van der Waals surface area contributed by atoms with Gasteiger partial charge in [-0.3, -0.25) is 0 Å². The Labute approximate surface area is 101 Å². The SMILES string of the molecule is Cc1cc(C)c(N)c(-c2nncn2C(C)C)c1. The molecule has 0 aliphatic heterocycles. The highest BCUT2D eigenvalue weighted by Gasteiger charge is 2.14. The molecule has 90 valence electrons. The molecule has 1 aromatic heterocycles. The number of hydrogen-bond acceptors (Lipinski definition) is 3. The van der Waals surface area contributed by atoms with Crippen LogP contribution in [-0.4, -0.2) is 14.8 Å². The number of anilines is 1. The van der Waals surface area contributed by atoms with Gasteiger partial charge in [0.25, 0.3) is 0 Å². The van der Waals surface area contributed by atoms with Crippen LogP contribution in [0.3, 0.4) is 0 Å². The van der Waals surface area contributed by atoms with Crippen LogP contribution in [0.1, 0.15) is 31.0 Å². The number of aromatic nitrogens is 3. The van der Waals surface area contributed by atoms with Gasteiger partial charge in [0.15, 0.2) is 5.82 Å². The molecule has 17 heavy (non-hydrogen) atoms. The molecule has 4 heteroatoms. The number of aryl methyl sites for hydroxylation is 2. The number of benzene rings is 1. The summed E-state index contributed by atoms with van der Waals surface area (Å²) in [6, 6.07) is 4.46. The summed E-state index contributed by atoms with van der Waals surface area (Å²) in [5, 5.41) is 8.16. The normalized spacial score (nSPS) is 11.1. The second-order valence-corrected chi connectivity index (χ2v) is 4.70. The van der Waals surface area contributed by atoms with Crippen molar-refractivity contribution in [2.45, 2.75) is 33.7 Å². The molecule has 1 heterocycles. The summed E-state index contributed by atoms with van der Waals surface area (Å²) < 4.78 is 2.03. The zero-order valence-electron chi connectivity index (χ0n) is 10.7. The van der Waals surface area contributed by atoms with Crippen LogP contribution in [0.2, 0.25) is 0 Å². The molecule has 0 unspecified atom stereocenters. The molecule has 0 atom stereocenters. The van der Waals surface area contributed by atoms with Gasteiger partial charge in [0.1, 0.15) is 6.33 Å². The van der Waals surface area contributed by atoms with E-state index < -0.39 is 0 Å². The van der Waals surface area contributed by atoms with E-state index in [-0.39, 0.29) is 0 Å². The average molecular weight is 230 g/mol. The van der Waals surface area contributed by atoms with Crippen LogP contribution < -0.4 is 5.73 Å². The number of nitrogens with zero attached hydrogens (tertiary/aromatic N) is 3. The van der Waals surface area contributed by atoms with E-state index in [1.54, 1.807) is 6.33 Å². The summed E-state index contributed by atoms with van der Waals surface area (Å²) in [7, 11) is 0. The first-order valence-electron chi connectivity index (χ1n) is 5.77. The molecule has 0 saturated heterocycles. The fourth-order valence-corrected chi connectivity index (χ4v) is 1.98. The third kappa shape index (κ3) is 2.02. The van der Waals surface area contributed by atoms with Gasteiger partial charge in [-0.05, 0) is 44.9 Å².